The van der Waals surface area contributed by atoms with Gasteiger partial charge < -0.3 is 10.1 Å². The molecular formula is C21H26BrN3O4S. The Labute approximate surface area is 186 Å². The maximum atomic E-state index is 13.2. The summed E-state index contributed by atoms with van der Waals surface area (Å²) in [6.07, 6.45) is 0.800. The van der Waals surface area contributed by atoms with Crippen LogP contribution in [-0.2, 0) is 19.6 Å². The van der Waals surface area contributed by atoms with Crippen LogP contribution in [-0.4, -0.2) is 65.2 Å². The number of hydrogen-bond donors (Lipinski definition) is 1. The number of hydrogen-bond acceptors (Lipinski definition) is 5. The summed E-state index contributed by atoms with van der Waals surface area (Å²) in [5.41, 5.74) is 0.427. The van der Waals surface area contributed by atoms with E-state index in [1.54, 1.807) is 36.4 Å². The fraction of sp³-hybridized carbons (Fsp3) is 0.381. The first-order valence-corrected chi connectivity index (χ1v) is 12.1. The molecule has 1 amide bonds. The predicted octanol–water partition coefficient (Wildman–Crippen LogP) is 2.48. The van der Waals surface area contributed by atoms with Crippen molar-refractivity contribution in [2.24, 2.45) is 0 Å². The Bertz CT molecular complexity index is 934. The fourth-order valence-electron chi connectivity index (χ4n) is 3.21. The van der Waals surface area contributed by atoms with E-state index < -0.39 is 10.0 Å². The van der Waals surface area contributed by atoms with Gasteiger partial charge in [-0.2, -0.15) is 0 Å². The van der Waals surface area contributed by atoms with E-state index in [4.69, 9.17) is 4.74 Å². The summed E-state index contributed by atoms with van der Waals surface area (Å²) in [5.74, 6) is -0.337. The normalized spacial score (nSPS) is 15.0. The van der Waals surface area contributed by atoms with Crippen molar-refractivity contribution in [3.05, 3.63) is 59.1 Å². The fourth-order valence-corrected chi connectivity index (χ4v) is 5.03. The molecule has 1 aliphatic heterocycles. The molecule has 0 bridgehead atoms. The molecule has 0 unspecified atom stereocenters. The molecule has 0 aliphatic carbocycles. The number of benzene rings is 2. The number of morpholine rings is 1. The van der Waals surface area contributed by atoms with Crippen molar-refractivity contribution in [2.75, 3.05) is 50.2 Å². The molecule has 3 rings (SSSR count). The molecule has 0 aromatic heterocycles. The Morgan fingerprint density at radius 3 is 2.53 bits per heavy atom. The number of sulfonamides is 1. The van der Waals surface area contributed by atoms with Gasteiger partial charge in [-0.15, -0.1) is 0 Å². The lowest BCUT2D eigenvalue weighted by Crippen LogP contribution is -2.42. The summed E-state index contributed by atoms with van der Waals surface area (Å²) in [4.78, 5) is 15.0. The van der Waals surface area contributed by atoms with E-state index in [1.807, 2.05) is 6.07 Å². The second-order valence-electron chi connectivity index (χ2n) is 6.96. The molecule has 0 atom stereocenters. The molecule has 2 aromatic carbocycles. The van der Waals surface area contributed by atoms with Crippen LogP contribution in [0.2, 0.25) is 0 Å². The molecule has 1 N–H and O–H groups in total. The Morgan fingerprint density at radius 1 is 1.10 bits per heavy atom. The van der Waals surface area contributed by atoms with Gasteiger partial charge in [-0.25, -0.2) is 8.42 Å². The number of nitrogens with zero attached hydrogens (tertiary/aromatic N) is 2. The van der Waals surface area contributed by atoms with Crippen LogP contribution in [0.5, 0.6) is 0 Å². The molecule has 1 saturated heterocycles. The van der Waals surface area contributed by atoms with E-state index in [2.05, 4.69) is 26.1 Å². The van der Waals surface area contributed by atoms with Gasteiger partial charge in [0.05, 0.1) is 23.8 Å². The van der Waals surface area contributed by atoms with Gasteiger partial charge in [0, 0.05) is 24.1 Å². The van der Waals surface area contributed by atoms with Gasteiger partial charge in [-0.05, 0) is 43.3 Å². The summed E-state index contributed by atoms with van der Waals surface area (Å²) in [6, 6.07) is 15.1. The van der Waals surface area contributed by atoms with E-state index >= 15 is 0 Å². The zero-order chi connectivity index (χ0) is 21.4. The van der Waals surface area contributed by atoms with Crippen molar-refractivity contribution >= 4 is 37.5 Å². The molecule has 2 aromatic rings. The number of ether oxygens (including phenoxy) is 1. The summed E-state index contributed by atoms with van der Waals surface area (Å²) < 4.78 is 33.7. The van der Waals surface area contributed by atoms with Crippen molar-refractivity contribution in [1.82, 2.24) is 10.2 Å². The smallest absolute Gasteiger partial charge is 0.264 e. The molecule has 9 heteroatoms. The van der Waals surface area contributed by atoms with Gasteiger partial charge in [0.15, 0.2) is 0 Å². The highest BCUT2D eigenvalue weighted by Crippen LogP contribution is 2.26. The highest BCUT2D eigenvalue weighted by molar-refractivity contribution is 9.10. The average Bonchev–Trinajstić information content (AvgIpc) is 2.76. The number of anilines is 1. The third-order valence-electron chi connectivity index (χ3n) is 4.79. The second kappa shape index (κ2) is 10.9. The van der Waals surface area contributed by atoms with Gasteiger partial charge in [0.2, 0.25) is 5.91 Å². The summed E-state index contributed by atoms with van der Waals surface area (Å²) >= 11 is 3.37. The maximum Gasteiger partial charge on any atom is 0.264 e. The zero-order valence-corrected chi connectivity index (χ0v) is 19.1. The number of carbonyl (C=O) groups excluding carboxylic acids is 1. The monoisotopic (exact) mass is 495 g/mol. The molecular weight excluding hydrogens is 470 g/mol. The van der Waals surface area contributed by atoms with Crippen LogP contribution >= 0.6 is 15.9 Å². The standard InChI is InChI=1S/C21H26BrN3O4S/c22-18-6-4-7-19(16-18)25(30(27,28)20-8-2-1-3-9-20)17-21(26)23-10-5-11-24-12-14-29-15-13-24/h1-4,6-9,16H,5,10-15,17H2,(H,23,26). The Balaban J connectivity index is 1.66. The van der Waals surface area contributed by atoms with E-state index in [1.165, 1.54) is 12.1 Å². The molecule has 0 spiro atoms. The Morgan fingerprint density at radius 2 is 1.83 bits per heavy atom. The van der Waals surface area contributed by atoms with Crippen LogP contribution in [0.15, 0.2) is 64.0 Å². The van der Waals surface area contributed by atoms with Crippen LogP contribution < -0.4 is 9.62 Å². The zero-order valence-electron chi connectivity index (χ0n) is 16.7. The third kappa shape index (κ3) is 6.28. The highest BCUT2D eigenvalue weighted by Gasteiger charge is 2.27. The second-order valence-corrected chi connectivity index (χ2v) is 9.74. The number of amides is 1. The lowest BCUT2D eigenvalue weighted by Gasteiger charge is -2.26. The first kappa shape index (κ1) is 22.7. The molecule has 1 aliphatic rings. The first-order chi connectivity index (χ1) is 14.5. The molecule has 7 nitrogen and oxygen atoms in total. The molecule has 0 radical (unpaired) electrons. The largest absolute Gasteiger partial charge is 0.379 e. The van der Waals surface area contributed by atoms with Crippen LogP contribution in [0, 0.1) is 0 Å². The van der Waals surface area contributed by atoms with E-state index in [9.17, 15) is 13.2 Å². The van der Waals surface area contributed by atoms with Crippen molar-refractivity contribution in [1.29, 1.82) is 0 Å². The summed E-state index contributed by atoms with van der Waals surface area (Å²) in [6.45, 7) is 4.37. The SMILES string of the molecule is O=C(CN(c1cccc(Br)c1)S(=O)(=O)c1ccccc1)NCCCN1CCOCC1. The highest BCUT2D eigenvalue weighted by atomic mass is 79.9. The quantitative estimate of drug-likeness (QED) is 0.540. The number of rotatable bonds is 9. The molecule has 30 heavy (non-hydrogen) atoms. The van der Waals surface area contributed by atoms with Gasteiger partial charge in [0.25, 0.3) is 10.0 Å². The van der Waals surface area contributed by atoms with Crippen molar-refractivity contribution in [2.45, 2.75) is 11.3 Å². The Hall–Kier alpha value is -1.94. The number of nitrogens with one attached hydrogen (secondary N) is 1. The Kier molecular flexibility index (Phi) is 8.26. The molecule has 162 valence electrons. The van der Waals surface area contributed by atoms with E-state index in [0.29, 0.717) is 12.2 Å². The lowest BCUT2D eigenvalue weighted by atomic mass is 10.3. The topological polar surface area (TPSA) is 79.0 Å². The van der Waals surface area contributed by atoms with Crippen molar-refractivity contribution < 1.29 is 17.9 Å². The van der Waals surface area contributed by atoms with Gasteiger partial charge in [0.1, 0.15) is 6.54 Å². The van der Waals surface area contributed by atoms with Crippen LogP contribution in [0.3, 0.4) is 0 Å². The van der Waals surface area contributed by atoms with E-state index in [0.717, 1.165) is 48.0 Å². The van der Waals surface area contributed by atoms with Crippen LogP contribution in [0.4, 0.5) is 5.69 Å². The molecule has 1 fully saturated rings. The minimum atomic E-state index is -3.88. The number of carbonyl (C=O) groups is 1. The van der Waals surface area contributed by atoms with Gasteiger partial charge in [-0.1, -0.05) is 40.2 Å². The lowest BCUT2D eigenvalue weighted by molar-refractivity contribution is -0.119. The maximum absolute atomic E-state index is 13.2. The predicted molar refractivity (Wildman–Crippen MR) is 120 cm³/mol. The molecule has 1 heterocycles. The van der Waals surface area contributed by atoms with Crippen molar-refractivity contribution in [3.63, 3.8) is 0 Å². The summed E-state index contributed by atoms with van der Waals surface area (Å²) in [5, 5.41) is 2.85. The van der Waals surface area contributed by atoms with Gasteiger partial charge in [-0.3, -0.25) is 14.0 Å². The minimum Gasteiger partial charge on any atom is -0.379 e. The van der Waals surface area contributed by atoms with E-state index in [-0.39, 0.29) is 17.3 Å². The first-order valence-electron chi connectivity index (χ1n) is 9.87. The van der Waals surface area contributed by atoms with Crippen molar-refractivity contribution in [3.8, 4) is 0 Å². The number of halogens is 1. The van der Waals surface area contributed by atoms with Crippen LogP contribution in [0.1, 0.15) is 6.42 Å². The summed E-state index contributed by atoms with van der Waals surface area (Å²) in [7, 11) is -3.88. The van der Waals surface area contributed by atoms with Gasteiger partial charge >= 0.3 is 0 Å². The third-order valence-corrected chi connectivity index (χ3v) is 7.07. The van der Waals surface area contributed by atoms with Crippen LogP contribution in [0.25, 0.3) is 0 Å². The minimum absolute atomic E-state index is 0.144. The molecule has 0 saturated carbocycles. The average molecular weight is 496 g/mol.